The molecule has 0 saturated carbocycles. The fourth-order valence-corrected chi connectivity index (χ4v) is 2.71. The van der Waals surface area contributed by atoms with E-state index in [1.165, 1.54) is 11.1 Å². The minimum absolute atomic E-state index is 0.756. The Kier molecular flexibility index (Phi) is 4.25. The number of aryl methyl sites for hydroxylation is 1. The summed E-state index contributed by atoms with van der Waals surface area (Å²) < 4.78 is 0. The average Bonchev–Trinajstić information content (AvgIpc) is 2.51. The molecule has 3 rings (SSSR count). The summed E-state index contributed by atoms with van der Waals surface area (Å²) in [6.07, 6.45) is 4.34. The fourth-order valence-electron chi connectivity index (χ4n) is 2.71. The van der Waals surface area contributed by atoms with Gasteiger partial charge in [-0.3, -0.25) is 0 Å². The summed E-state index contributed by atoms with van der Waals surface area (Å²) in [5.41, 5.74) is 2.65. The normalized spacial score (nSPS) is 19.8. The number of hydrogen-bond donors (Lipinski definition) is 0. The van der Waals surface area contributed by atoms with Crippen molar-refractivity contribution in [2.24, 2.45) is 4.99 Å². The summed E-state index contributed by atoms with van der Waals surface area (Å²) in [6, 6.07) is 8.73. The van der Waals surface area contributed by atoms with E-state index in [0.717, 1.165) is 45.2 Å². The molecule has 0 bridgehead atoms. The molecule has 0 atom stereocenters. The van der Waals surface area contributed by atoms with Gasteiger partial charge in [0.1, 0.15) is 12.5 Å². The highest BCUT2D eigenvalue weighted by atomic mass is 15.3. The van der Waals surface area contributed by atoms with Gasteiger partial charge in [-0.05, 0) is 25.6 Å². The summed E-state index contributed by atoms with van der Waals surface area (Å²) >= 11 is 0. The molecule has 1 fully saturated rings. The Labute approximate surface area is 127 Å². The lowest BCUT2D eigenvalue weighted by molar-refractivity contribution is 0.214. The van der Waals surface area contributed by atoms with Crippen LogP contribution in [-0.4, -0.2) is 60.4 Å². The van der Waals surface area contributed by atoms with Crippen molar-refractivity contribution < 1.29 is 0 Å². The number of nitrogens with zero attached hydrogens (tertiary/aromatic N) is 4. The number of amidine groups is 1. The van der Waals surface area contributed by atoms with Gasteiger partial charge in [0.15, 0.2) is 0 Å². The molecule has 1 saturated heterocycles. The minimum atomic E-state index is 0.756. The summed E-state index contributed by atoms with van der Waals surface area (Å²) in [7, 11) is 2.18. The Bertz CT molecular complexity index is 524. The van der Waals surface area contributed by atoms with Gasteiger partial charge in [-0.15, -0.1) is 0 Å². The third kappa shape index (κ3) is 3.64. The predicted octanol–water partition coefficient (Wildman–Crippen LogP) is 1.93. The molecule has 2 aliphatic heterocycles. The quantitative estimate of drug-likeness (QED) is 0.828. The Balaban J connectivity index is 1.54. The van der Waals surface area contributed by atoms with Crippen LogP contribution in [0, 0.1) is 6.92 Å². The minimum Gasteiger partial charge on any atom is -0.354 e. The van der Waals surface area contributed by atoms with Crippen molar-refractivity contribution in [1.29, 1.82) is 0 Å². The molecule has 0 spiro atoms. The molecule has 0 amide bonds. The van der Waals surface area contributed by atoms with Crippen molar-refractivity contribution in [2.45, 2.75) is 13.5 Å². The monoisotopic (exact) mass is 284 g/mol. The highest BCUT2D eigenvalue weighted by molar-refractivity contribution is 5.93. The van der Waals surface area contributed by atoms with Crippen molar-refractivity contribution in [3.05, 3.63) is 47.7 Å². The second-order valence-electron chi connectivity index (χ2n) is 6.00. The van der Waals surface area contributed by atoms with Gasteiger partial charge in [-0.2, -0.15) is 0 Å². The first-order valence-corrected chi connectivity index (χ1v) is 7.66. The van der Waals surface area contributed by atoms with Gasteiger partial charge in [-0.25, -0.2) is 4.99 Å². The number of likely N-dealkylation sites (N-methyl/N-ethyl adjacent to an activating group) is 1. The van der Waals surface area contributed by atoms with Crippen molar-refractivity contribution in [3.63, 3.8) is 0 Å². The molecule has 0 radical (unpaired) electrons. The molecule has 0 N–H and O–H groups in total. The number of piperazine rings is 1. The summed E-state index contributed by atoms with van der Waals surface area (Å²) in [6.45, 7) is 8.22. The Morgan fingerprint density at radius 3 is 2.38 bits per heavy atom. The van der Waals surface area contributed by atoms with Crippen LogP contribution in [0.4, 0.5) is 0 Å². The van der Waals surface area contributed by atoms with Crippen LogP contribution >= 0.6 is 0 Å². The number of benzene rings is 1. The lowest BCUT2D eigenvalue weighted by Crippen LogP contribution is -2.47. The molecule has 0 aromatic heterocycles. The van der Waals surface area contributed by atoms with Gasteiger partial charge < -0.3 is 14.7 Å². The molecule has 2 heterocycles. The van der Waals surface area contributed by atoms with Crippen molar-refractivity contribution in [3.8, 4) is 0 Å². The zero-order valence-electron chi connectivity index (χ0n) is 13.0. The third-order valence-electron chi connectivity index (χ3n) is 4.18. The molecule has 2 aliphatic rings. The van der Waals surface area contributed by atoms with E-state index in [1.807, 2.05) is 0 Å². The third-order valence-corrected chi connectivity index (χ3v) is 4.18. The topological polar surface area (TPSA) is 22.1 Å². The number of aliphatic imine (C=N–C) groups is 1. The maximum Gasteiger partial charge on any atom is 0.127 e. The highest BCUT2D eigenvalue weighted by Gasteiger charge is 2.17. The van der Waals surface area contributed by atoms with E-state index in [1.54, 1.807) is 0 Å². The molecule has 4 heteroatoms. The van der Waals surface area contributed by atoms with Crippen LogP contribution in [0.2, 0.25) is 0 Å². The van der Waals surface area contributed by atoms with Gasteiger partial charge in [-0.1, -0.05) is 29.8 Å². The first kappa shape index (κ1) is 14.1. The molecule has 4 nitrogen and oxygen atoms in total. The molecule has 21 heavy (non-hydrogen) atoms. The van der Waals surface area contributed by atoms with Gasteiger partial charge >= 0.3 is 0 Å². The summed E-state index contributed by atoms with van der Waals surface area (Å²) in [5, 5.41) is 0. The van der Waals surface area contributed by atoms with Crippen LogP contribution in [0.25, 0.3) is 0 Å². The van der Waals surface area contributed by atoms with Crippen LogP contribution in [0.3, 0.4) is 0 Å². The SMILES string of the molecule is Cc1ccc(CN2C=CC(N3CCN(C)CC3)=NC2)cc1. The standard InChI is InChI=1S/C17H24N4/c1-15-3-5-16(6-4-15)13-20-8-7-17(18-14-20)21-11-9-19(2)10-12-21/h3-8H,9-14H2,1-2H3. The van der Waals surface area contributed by atoms with Gasteiger partial charge in [0.25, 0.3) is 0 Å². The van der Waals surface area contributed by atoms with E-state index in [9.17, 15) is 0 Å². The van der Waals surface area contributed by atoms with Crippen molar-refractivity contribution in [2.75, 3.05) is 39.9 Å². The van der Waals surface area contributed by atoms with Gasteiger partial charge in [0, 0.05) is 38.9 Å². The summed E-state index contributed by atoms with van der Waals surface area (Å²) in [4.78, 5) is 11.7. The van der Waals surface area contributed by atoms with Crippen LogP contribution in [-0.2, 0) is 6.54 Å². The second kappa shape index (κ2) is 6.31. The van der Waals surface area contributed by atoms with Gasteiger partial charge in [0.2, 0.25) is 0 Å². The van der Waals surface area contributed by atoms with Crippen LogP contribution < -0.4 is 0 Å². The molecule has 1 aromatic rings. The molecule has 112 valence electrons. The van der Waals surface area contributed by atoms with Crippen molar-refractivity contribution >= 4 is 5.84 Å². The fraction of sp³-hybridized carbons (Fsp3) is 0.471. The number of rotatable bonds is 2. The predicted molar refractivity (Wildman–Crippen MR) is 87.2 cm³/mol. The lowest BCUT2D eigenvalue weighted by atomic mass is 10.1. The van der Waals surface area contributed by atoms with Gasteiger partial charge in [0.05, 0.1) is 0 Å². The average molecular weight is 284 g/mol. The van der Waals surface area contributed by atoms with Crippen LogP contribution in [0.1, 0.15) is 11.1 Å². The maximum atomic E-state index is 4.74. The highest BCUT2D eigenvalue weighted by Crippen LogP contribution is 2.11. The largest absolute Gasteiger partial charge is 0.354 e. The molecular weight excluding hydrogens is 260 g/mol. The Hall–Kier alpha value is -1.81. The van der Waals surface area contributed by atoms with E-state index in [4.69, 9.17) is 4.99 Å². The van der Waals surface area contributed by atoms with E-state index in [0.29, 0.717) is 0 Å². The lowest BCUT2D eigenvalue weighted by Gasteiger charge is -2.35. The molecule has 1 aromatic carbocycles. The zero-order chi connectivity index (χ0) is 14.7. The molecule has 0 unspecified atom stereocenters. The molecular formula is C17H24N4. The summed E-state index contributed by atoms with van der Waals surface area (Å²) in [5.74, 6) is 1.14. The van der Waals surface area contributed by atoms with E-state index in [-0.39, 0.29) is 0 Å². The van der Waals surface area contributed by atoms with E-state index >= 15 is 0 Å². The van der Waals surface area contributed by atoms with E-state index in [2.05, 4.69) is 65.2 Å². The maximum absolute atomic E-state index is 4.74. The Morgan fingerprint density at radius 1 is 1.05 bits per heavy atom. The zero-order valence-corrected chi connectivity index (χ0v) is 13.0. The number of hydrogen-bond acceptors (Lipinski definition) is 4. The molecule has 0 aliphatic carbocycles. The first-order chi connectivity index (χ1) is 10.2. The van der Waals surface area contributed by atoms with Crippen LogP contribution in [0.5, 0.6) is 0 Å². The first-order valence-electron chi connectivity index (χ1n) is 7.66. The Morgan fingerprint density at radius 2 is 1.76 bits per heavy atom. The van der Waals surface area contributed by atoms with Crippen molar-refractivity contribution in [1.82, 2.24) is 14.7 Å². The van der Waals surface area contributed by atoms with Crippen LogP contribution in [0.15, 0.2) is 41.5 Å². The second-order valence-corrected chi connectivity index (χ2v) is 6.00. The van der Waals surface area contributed by atoms with E-state index < -0.39 is 0 Å². The smallest absolute Gasteiger partial charge is 0.127 e.